The van der Waals surface area contributed by atoms with Crippen LogP contribution in [0.25, 0.3) is 0 Å². The third kappa shape index (κ3) is 4.80. The van der Waals surface area contributed by atoms with Crippen molar-refractivity contribution in [1.82, 2.24) is 14.8 Å². The number of carbonyl (C=O) groups excluding carboxylic acids is 2. The number of aromatic nitrogens is 1. The summed E-state index contributed by atoms with van der Waals surface area (Å²) in [5.41, 5.74) is -1.42. The summed E-state index contributed by atoms with van der Waals surface area (Å²) >= 11 is 0. The van der Waals surface area contributed by atoms with Crippen LogP contribution in [-0.4, -0.2) is 59.0 Å². The minimum absolute atomic E-state index is 0.0859. The van der Waals surface area contributed by atoms with Gasteiger partial charge < -0.3 is 24.6 Å². The summed E-state index contributed by atoms with van der Waals surface area (Å²) in [6, 6.07) is 0. The van der Waals surface area contributed by atoms with Crippen LogP contribution in [-0.2, 0) is 11.3 Å². The number of aromatic hydroxyl groups is 1. The molecule has 0 aromatic carbocycles. The van der Waals surface area contributed by atoms with E-state index in [-0.39, 0.29) is 36.3 Å². The van der Waals surface area contributed by atoms with Crippen molar-refractivity contribution in [2.24, 2.45) is 0 Å². The molecule has 0 bridgehead atoms. The number of amides is 2. The van der Waals surface area contributed by atoms with Crippen molar-refractivity contribution in [1.29, 1.82) is 0 Å². The van der Waals surface area contributed by atoms with Gasteiger partial charge in [-0.15, -0.1) is 0 Å². The highest BCUT2D eigenvalue weighted by molar-refractivity contribution is 5.99. The lowest BCUT2D eigenvalue weighted by molar-refractivity contribution is -0.0525. The normalized spacial score (nSPS) is 23.0. The highest BCUT2D eigenvalue weighted by Crippen LogP contribution is 2.23. The zero-order valence-corrected chi connectivity index (χ0v) is 17.8. The van der Waals surface area contributed by atoms with Gasteiger partial charge in [-0.05, 0) is 30.6 Å². The molecule has 2 amide bonds. The van der Waals surface area contributed by atoms with Crippen LogP contribution < -0.4 is 10.7 Å². The molecule has 0 saturated carbocycles. The van der Waals surface area contributed by atoms with Gasteiger partial charge in [0.2, 0.25) is 5.43 Å². The molecule has 10 heteroatoms. The van der Waals surface area contributed by atoms with E-state index in [0.29, 0.717) is 6.61 Å². The smallest absolute Gasteiger partial charge is 0.276 e. The topological polar surface area (TPSA) is 101 Å². The number of fused-ring (bicyclic) bond motifs is 1. The molecule has 0 radical (unpaired) electrons. The molecule has 1 aromatic rings. The number of hydrogen-bond donors (Lipinski definition) is 2. The van der Waals surface area contributed by atoms with E-state index in [0.717, 1.165) is 18.6 Å². The average Bonchev–Trinajstić information content (AvgIpc) is 2.76. The highest BCUT2D eigenvalue weighted by Gasteiger charge is 2.34. The maximum Gasteiger partial charge on any atom is 0.276 e. The van der Waals surface area contributed by atoms with Crippen LogP contribution >= 0.6 is 0 Å². The van der Waals surface area contributed by atoms with Gasteiger partial charge in [-0.1, -0.05) is 19.1 Å². The van der Waals surface area contributed by atoms with Crippen LogP contribution in [0, 0.1) is 0 Å². The van der Waals surface area contributed by atoms with Crippen LogP contribution in [0.4, 0.5) is 8.78 Å². The van der Waals surface area contributed by atoms with Crippen molar-refractivity contribution in [2.75, 3.05) is 20.2 Å². The molecule has 1 aliphatic carbocycles. The Morgan fingerprint density at radius 2 is 2.09 bits per heavy atom. The van der Waals surface area contributed by atoms with Crippen molar-refractivity contribution in [3.8, 4) is 5.75 Å². The van der Waals surface area contributed by atoms with Gasteiger partial charge in [0.1, 0.15) is 23.8 Å². The first-order valence-electron chi connectivity index (χ1n) is 10.2. The molecule has 1 aliphatic heterocycles. The van der Waals surface area contributed by atoms with Gasteiger partial charge in [0.25, 0.3) is 11.8 Å². The van der Waals surface area contributed by atoms with Crippen LogP contribution in [0.5, 0.6) is 5.75 Å². The van der Waals surface area contributed by atoms with Gasteiger partial charge >= 0.3 is 0 Å². The van der Waals surface area contributed by atoms with Gasteiger partial charge in [-0.2, -0.15) is 0 Å². The summed E-state index contributed by atoms with van der Waals surface area (Å²) in [6.45, 7) is 2.22. The highest BCUT2D eigenvalue weighted by atomic mass is 19.1. The maximum absolute atomic E-state index is 14.2. The molecule has 32 heavy (non-hydrogen) atoms. The van der Waals surface area contributed by atoms with E-state index in [9.17, 15) is 28.3 Å². The number of nitrogens with zero attached hydrogens (tertiary/aromatic N) is 2. The largest absolute Gasteiger partial charge is 0.503 e. The lowest BCUT2D eigenvalue weighted by Gasteiger charge is -2.35. The van der Waals surface area contributed by atoms with Gasteiger partial charge in [0, 0.05) is 26.4 Å². The first-order chi connectivity index (χ1) is 15.2. The van der Waals surface area contributed by atoms with E-state index in [2.05, 4.69) is 5.32 Å². The summed E-state index contributed by atoms with van der Waals surface area (Å²) in [5, 5.41) is 12.8. The Balaban J connectivity index is 1.85. The molecular formula is C22H25F2N3O5. The Bertz CT molecular complexity index is 1060. The Morgan fingerprint density at radius 3 is 2.81 bits per heavy atom. The lowest BCUT2D eigenvalue weighted by Crippen LogP contribution is -2.48. The Labute approximate surface area is 183 Å². The SMILES string of the molecule is CCCOC1Cn2cc(C(=O)NC/C3=C(\F)C=CC(F)C=CC3)c(=O)c(O)c2C(=O)N1C. The second-order valence-electron chi connectivity index (χ2n) is 7.53. The van der Waals surface area contributed by atoms with Crippen molar-refractivity contribution < 1.29 is 28.2 Å². The first kappa shape index (κ1) is 23.4. The fourth-order valence-corrected chi connectivity index (χ4v) is 3.42. The fraction of sp³-hybridized carbons (Fsp3) is 0.409. The fourth-order valence-electron chi connectivity index (χ4n) is 3.42. The molecule has 2 atom stereocenters. The summed E-state index contributed by atoms with van der Waals surface area (Å²) in [7, 11) is 1.50. The predicted octanol–water partition coefficient (Wildman–Crippen LogP) is 2.20. The molecule has 2 N–H and O–H groups in total. The minimum atomic E-state index is -1.39. The Kier molecular flexibility index (Phi) is 7.24. The number of halogens is 2. The third-order valence-corrected chi connectivity index (χ3v) is 5.23. The number of hydrogen-bond acceptors (Lipinski definition) is 5. The average molecular weight is 449 g/mol. The third-order valence-electron chi connectivity index (χ3n) is 5.23. The summed E-state index contributed by atoms with van der Waals surface area (Å²) in [5.74, 6) is -2.95. The van der Waals surface area contributed by atoms with E-state index in [4.69, 9.17) is 4.74 Å². The zero-order valence-electron chi connectivity index (χ0n) is 17.8. The van der Waals surface area contributed by atoms with E-state index in [1.807, 2.05) is 6.92 Å². The van der Waals surface area contributed by atoms with Crippen LogP contribution in [0.2, 0.25) is 0 Å². The van der Waals surface area contributed by atoms with Gasteiger partial charge in [0.15, 0.2) is 11.4 Å². The van der Waals surface area contributed by atoms with Crippen molar-refractivity contribution >= 4 is 11.8 Å². The lowest BCUT2D eigenvalue weighted by atomic mass is 10.1. The first-order valence-corrected chi connectivity index (χ1v) is 10.2. The molecule has 0 saturated heterocycles. The summed E-state index contributed by atoms with van der Waals surface area (Å²) in [4.78, 5) is 39.1. The number of allylic oxidation sites excluding steroid dienone is 5. The van der Waals surface area contributed by atoms with Crippen LogP contribution in [0.15, 0.2) is 46.7 Å². The molecule has 1 aromatic heterocycles. The van der Waals surface area contributed by atoms with E-state index < -0.39 is 41.2 Å². The zero-order chi connectivity index (χ0) is 23.4. The van der Waals surface area contributed by atoms with Crippen LogP contribution in [0.1, 0.15) is 40.6 Å². The molecule has 0 spiro atoms. The predicted molar refractivity (Wildman–Crippen MR) is 113 cm³/mol. The molecule has 3 rings (SSSR count). The number of pyridine rings is 1. The minimum Gasteiger partial charge on any atom is -0.503 e. The summed E-state index contributed by atoms with van der Waals surface area (Å²) < 4.78 is 34.4. The van der Waals surface area contributed by atoms with Gasteiger partial charge in [-0.25, -0.2) is 8.78 Å². The Hall–Kier alpha value is -3.27. The molecular weight excluding hydrogens is 424 g/mol. The number of ether oxygens (including phenoxy) is 1. The molecule has 0 fully saturated rings. The summed E-state index contributed by atoms with van der Waals surface area (Å²) in [6.07, 6.45) is 4.76. The van der Waals surface area contributed by atoms with Gasteiger partial charge in [-0.3, -0.25) is 14.4 Å². The van der Waals surface area contributed by atoms with E-state index in [1.165, 1.54) is 34.9 Å². The molecule has 8 nitrogen and oxygen atoms in total. The van der Waals surface area contributed by atoms with Crippen molar-refractivity contribution in [2.45, 2.75) is 38.7 Å². The number of likely N-dealkylation sites (N-methyl/N-ethyl adjacent to an activating group) is 1. The molecule has 172 valence electrons. The number of rotatable bonds is 6. The second-order valence-corrected chi connectivity index (χ2v) is 7.53. The Morgan fingerprint density at radius 1 is 1.34 bits per heavy atom. The quantitative estimate of drug-likeness (QED) is 0.649. The number of nitrogens with one attached hydrogen (secondary N) is 1. The van der Waals surface area contributed by atoms with Crippen molar-refractivity contribution in [3.63, 3.8) is 0 Å². The van der Waals surface area contributed by atoms with Gasteiger partial charge in [0.05, 0.1) is 6.54 Å². The van der Waals surface area contributed by atoms with E-state index >= 15 is 0 Å². The second kappa shape index (κ2) is 9.90. The monoisotopic (exact) mass is 449 g/mol. The van der Waals surface area contributed by atoms with E-state index in [1.54, 1.807) is 0 Å². The number of alkyl halides is 1. The van der Waals surface area contributed by atoms with Crippen LogP contribution in [0.3, 0.4) is 0 Å². The maximum atomic E-state index is 14.2. The standard InChI is InChI=1S/C22H25F2N3O5/c1-3-9-32-17-12-27-11-15(19(28)20(29)18(27)22(31)26(17)2)21(30)25-10-13-5-4-6-14(23)7-8-16(13)24/h4,6-8,11,14,17,29H,3,5,9-10,12H2,1-2H3,(H,25,30)/b6-4?,8-7?,16-13-. The molecule has 2 unspecified atom stereocenters. The van der Waals surface area contributed by atoms with Crippen molar-refractivity contribution in [3.05, 3.63) is 63.4 Å². The number of carbonyl (C=O) groups is 2. The molecule has 2 aliphatic rings. The molecule has 2 heterocycles.